The molecule has 1 aliphatic rings. The highest BCUT2D eigenvalue weighted by atomic mass is 79.9. The zero-order chi connectivity index (χ0) is 14.7. The lowest BCUT2D eigenvalue weighted by atomic mass is 9.70. The van der Waals surface area contributed by atoms with Crippen LogP contribution in [0.25, 0.3) is 0 Å². The number of carbonyl (C=O) groups is 1. The molecule has 2 atom stereocenters. The van der Waals surface area contributed by atoms with Crippen molar-refractivity contribution in [3.63, 3.8) is 0 Å². The molecular formula is C18H17BrO2. The van der Waals surface area contributed by atoms with E-state index in [4.69, 9.17) is 4.74 Å². The number of hydrogen-bond acceptors (Lipinski definition) is 2. The van der Waals surface area contributed by atoms with Crippen LogP contribution >= 0.6 is 15.9 Å². The topological polar surface area (TPSA) is 26.3 Å². The van der Waals surface area contributed by atoms with Gasteiger partial charge >= 0.3 is 5.97 Å². The van der Waals surface area contributed by atoms with Gasteiger partial charge in [0.25, 0.3) is 0 Å². The second kappa shape index (κ2) is 6.44. The van der Waals surface area contributed by atoms with E-state index in [9.17, 15) is 4.79 Å². The predicted molar refractivity (Wildman–Crippen MR) is 85.8 cm³/mol. The highest BCUT2D eigenvalue weighted by Gasteiger charge is 2.38. The zero-order valence-electron chi connectivity index (χ0n) is 11.7. The smallest absolute Gasteiger partial charge is 0.309 e. The largest absolute Gasteiger partial charge is 0.461 e. The molecule has 2 aromatic carbocycles. The molecule has 3 rings (SSSR count). The van der Waals surface area contributed by atoms with Gasteiger partial charge in [0.15, 0.2) is 0 Å². The molecule has 1 fully saturated rings. The van der Waals surface area contributed by atoms with E-state index in [0.29, 0.717) is 12.5 Å². The van der Waals surface area contributed by atoms with Crippen LogP contribution in [0.1, 0.15) is 29.9 Å². The lowest BCUT2D eigenvalue weighted by Gasteiger charge is -2.35. The molecule has 0 amide bonds. The quantitative estimate of drug-likeness (QED) is 0.752. The summed E-state index contributed by atoms with van der Waals surface area (Å²) in [6.45, 7) is 0.362. The first-order chi connectivity index (χ1) is 10.2. The number of esters is 1. The maximum absolute atomic E-state index is 12.2. The van der Waals surface area contributed by atoms with E-state index >= 15 is 0 Å². The van der Waals surface area contributed by atoms with Crippen LogP contribution in [0.2, 0.25) is 0 Å². The third kappa shape index (κ3) is 3.35. The van der Waals surface area contributed by atoms with Crippen LogP contribution in [0.3, 0.4) is 0 Å². The van der Waals surface area contributed by atoms with E-state index < -0.39 is 0 Å². The molecule has 0 N–H and O–H groups in total. The Labute approximate surface area is 133 Å². The third-order valence-corrected chi connectivity index (χ3v) is 4.57. The predicted octanol–water partition coefficient (Wildman–Crippen LogP) is 4.69. The summed E-state index contributed by atoms with van der Waals surface area (Å²) in [5, 5.41) is 0. The van der Waals surface area contributed by atoms with Crippen LogP contribution in [-0.2, 0) is 16.1 Å². The summed E-state index contributed by atoms with van der Waals surface area (Å²) in [6, 6.07) is 18.0. The first-order valence-corrected chi connectivity index (χ1v) is 7.99. The lowest BCUT2D eigenvalue weighted by Crippen LogP contribution is -2.32. The first-order valence-electron chi connectivity index (χ1n) is 7.20. The number of rotatable bonds is 4. The van der Waals surface area contributed by atoms with Crippen molar-refractivity contribution in [1.82, 2.24) is 0 Å². The van der Waals surface area contributed by atoms with Crippen molar-refractivity contribution >= 4 is 21.9 Å². The van der Waals surface area contributed by atoms with Crippen molar-refractivity contribution in [2.75, 3.05) is 0 Å². The monoisotopic (exact) mass is 344 g/mol. The minimum Gasteiger partial charge on any atom is -0.461 e. The number of halogens is 1. The Morgan fingerprint density at radius 1 is 1.10 bits per heavy atom. The molecule has 0 saturated heterocycles. The summed E-state index contributed by atoms with van der Waals surface area (Å²) in [5.74, 6) is 0.226. The van der Waals surface area contributed by atoms with Gasteiger partial charge in [-0.2, -0.15) is 0 Å². The molecule has 3 heteroatoms. The maximum atomic E-state index is 12.2. The van der Waals surface area contributed by atoms with Gasteiger partial charge in [-0.3, -0.25) is 4.79 Å². The van der Waals surface area contributed by atoms with Crippen LogP contribution in [0.15, 0.2) is 59.1 Å². The Morgan fingerprint density at radius 3 is 2.57 bits per heavy atom. The standard InChI is InChI=1S/C18H17BrO2/c19-15-8-4-7-14(11-15)16-9-10-17(16)18(20)21-12-13-5-2-1-3-6-13/h1-8,11,16-17H,9-10,12H2/t16-,17-/m1/s1. The van der Waals surface area contributed by atoms with Crippen LogP contribution in [0.5, 0.6) is 0 Å². The van der Waals surface area contributed by atoms with Crippen LogP contribution in [0, 0.1) is 5.92 Å². The number of ether oxygens (including phenoxy) is 1. The van der Waals surface area contributed by atoms with Crippen molar-refractivity contribution in [2.24, 2.45) is 5.92 Å². The molecule has 0 spiro atoms. The van der Waals surface area contributed by atoms with E-state index in [1.165, 1.54) is 5.56 Å². The van der Waals surface area contributed by atoms with Gasteiger partial charge in [0.1, 0.15) is 6.61 Å². The van der Waals surface area contributed by atoms with E-state index in [1.807, 2.05) is 42.5 Å². The molecule has 0 bridgehead atoms. The summed E-state index contributed by atoms with van der Waals surface area (Å²) < 4.78 is 6.52. The van der Waals surface area contributed by atoms with E-state index in [1.54, 1.807) is 0 Å². The Hall–Kier alpha value is -1.61. The highest BCUT2D eigenvalue weighted by molar-refractivity contribution is 9.10. The second-order valence-electron chi connectivity index (χ2n) is 5.44. The van der Waals surface area contributed by atoms with Crippen LogP contribution in [-0.4, -0.2) is 5.97 Å². The molecule has 0 radical (unpaired) electrons. The van der Waals surface area contributed by atoms with E-state index in [-0.39, 0.29) is 11.9 Å². The van der Waals surface area contributed by atoms with Crippen LogP contribution in [0.4, 0.5) is 0 Å². The van der Waals surface area contributed by atoms with Crippen molar-refractivity contribution in [3.8, 4) is 0 Å². The average Bonchev–Trinajstić information content (AvgIpc) is 2.45. The first kappa shape index (κ1) is 14.3. The third-order valence-electron chi connectivity index (χ3n) is 4.08. The lowest BCUT2D eigenvalue weighted by molar-refractivity contribution is -0.154. The van der Waals surface area contributed by atoms with Gasteiger partial charge in [0, 0.05) is 4.47 Å². The number of carbonyl (C=O) groups excluding carboxylic acids is 1. The SMILES string of the molecule is O=C(OCc1ccccc1)[C@@H]1CC[C@@H]1c1cccc(Br)c1. The number of benzene rings is 2. The molecule has 0 aliphatic heterocycles. The average molecular weight is 345 g/mol. The molecule has 2 aromatic rings. The Kier molecular flexibility index (Phi) is 4.39. The summed E-state index contributed by atoms with van der Waals surface area (Å²) in [5.41, 5.74) is 2.25. The Morgan fingerprint density at radius 2 is 1.90 bits per heavy atom. The normalized spacial score (nSPS) is 20.6. The van der Waals surface area contributed by atoms with Gasteiger partial charge in [-0.1, -0.05) is 58.4 Å². The van der Waals surface area contributed by atoms with Gasteiger partial charge in [-0.05, 0) is 42.0 Å². The summed E-state index contributed by atoms with van der Waals surface area (Å²) in [4.78, 5) is 12.2. The maximum Gasteiger partial charge on any atom is 0.309 e. The van der Waals surface area contributed by atoms with Crippen molar-refractivity contribution in [2.45, 2.75) is 25.4 Å². The Bertz CT molecular complexity index is 624. The van der Waals surface area contributed by atoms with Crippen molar-refractivity contribution in [3.05, 3.63) is 70.2 Å². The zero-order valence-corrected chi connectivity index (χ0v) is 13.3. The van der Waals surface area contributed by atoms with Crippen molar-refractivity contribution < 1.29 is 9.53 Å². The minimum absolute atomic E-state index is 0.00279. The fraction of sp³-hybridized carbons (Fsp3) is 0.278. The van der Waals surface area contributed by atoms with Gasteiger partial charge in [0.05, 0.1) is 5.92 Å². The molecule has 1 aliphatic carbocycles. The molecule has 21 heavy (non-hydrogen) atoms. The second-order valence-corrected chi connectivity index (χ2v) is 6.35. The minimum atomic E-state index is -0.0740. The Balaban J connectivity index is 1.60. The van der Waals surface area contributed by atoms with Crippen LogP contribution < -0.4 is 0 Å². The molecule has 2 nitrogen and oxygen atoms in total. The molecule has 0 heterocycles. The summed E-state index contributed by atoms with van der Waals surface area (Å²) >= 11 is 3.49. The van der Waals surface area contributed by atoms with Gasteiger partial charge in [0.2, 0.25) is 0 Å². The van der Waals surface area contributed by atoms with Gasteiger partial charge in [-0.15, -0.1) is 0 Å². The molecule has 0 aromatic heterocycles. The fourth-order valence-corrected chi connectivity index (χ4v) is 3.17. The molecule has 1 saturated carbocycles. The van der Waals surface area contributed by atoms with E-state index in [0.717, 1.165) is 22.9 Å². The molecule has 108 valence electrons. The van der Waals surface area contributed by atoms with E-state index in [2.05, 4.69) is 28.1 Å². The highest BCUT2D eigenvalue weighted by Crippen LogP contribution is 2.43. The summed E-state index contributed by atoms with van der Waals surface area (Å²) in [7, 11) is 0. The number of hydrogen-bond donors (Lipinski definition) is 0. The van der Waals surface area contributed by atoms with Gasteiger partial charge < -0.3 is 4.74 Å². The summed E-state index contributed by atoms with van der Waals surface area (Å²) in [6.07, 6.45) is 1.98. The fourth-order valence-electron chi connectivity index (χ4n) is 2.75. The molecule has 0 unspecified atom stereocenters. The van der Waals surface area contributed by atoms with Crippen molar-refractivity contribution in [1.29, 1.82) is 0 Å². The molecular weight excluding hydrogens is 328 g/mol. The van der Waals surface area contributed by atoms with Gasteiger partial charge in [-0.25, -0.2) is 0 Å².